The highest BCUT2D eigenvalue weighted by atomic mass is 35.5. The van der Waals surface area contributed by atoms with Crippen LogP contribution < -0.4 is 10.5 Å². The second-order valence-corrected chi connectivity index (χ2v) is 8.65. The number of halogens is 1. The second-order valence-electron chi connectivity index (χ2n) is 6.53. The van der Waals surface area contributed by atoms with Gasteiger partial charge in [-0.2, -0.15) is 0 Å². The maximum Gasteiger partial charge on any atom is 0.240 e. The molecule has 1 aliphatic rings. The zero-order valence-electron chi connectivity index (χ0n) is 12.7. The van der Waals surface area contributed by atoms with Gasteiger partial charge < -0.3 is 5.73 Å². The molecule has 0 radical (unpaired) electrons. The second kappa shape index (κ2) is 5.78. The highest BCUT2D eigenvalue weighted by Gasteiger charge is 2.35. The van der Waals surface area contributed by atoms with Gasteiger partial charge in [0.15, 0.2) is 0 Å². The van der Waals surface area contributed by atoms with E-state index in [0.29, 0.717) is 16.3 Å². The van der Waals surface area contributed by atoms with Gasteiger partial charge >= 0.3 is 0 Å². The van der Waals surface area contributed by atoms with Gasteiger partial charge in [-0.15, -0.1) is 0 Å². The number of nitrogens with two attached hydrogens (primary N) is 1. The maximum atomic E-state index is 12.6. The van der Waals surface area contributed by atoms with Gasteiger partial charge in [0.25, 0.3) is 0 Å². The highest BCUT2D eigenvalue weighted by molar-refractivity contribution is 7.89. The predicted molar refractivity (Wildman–Crippen MR) is 87.0 cm³/mol. The molecule has 1 aromatic rings. The summed E-state index contributed by atoms with van der Waals surface area (Å²) in [5.41, 5.74) is 6.89. The molecule has 6 heteroatoms. The van der Waals surface area contributed by atoms with Gasteiger partial charge in [0, 0.05) is 16.8 Å². The molecule has 0 aliphatic heterocycles. The van der Waals surface area contributed by atoms with Crippen LogP contribution in [-0.2, 0) is 10.0 Å². The first-order chi connectivity index (χ1) is 9.63. The fourth-order valence-corrected chi connectivity index (χ4v) is 4.59. The molecule has 0 bridgehead atoms. The summed E-state index contributed by atoms with van der Waals surface area (Å²) < 4.78 is 28.0. The Balaban J connectivity index is 2.30. The van der Waals surface area contributed by atoms with Gasteiger partial charge in [0.1, 0.15) is 0 Å². The van der Waals surface area contributed by atoms with Crippen molar-refractivity contribution >= 4 is 27.3 Å². The van der Waals surface area contributed by atoms with Gasteiger partial charge in [-0.3, -0.25) is 0 Å². The molecule has 3 N–H and O–H groups in total. The lowest BCUT2D eigenvalue weighted by atomic mass is 9.74. The summed E-state index contributed by atoms with van der Waals surface area (Å²) in [6, 6.07) is 2.88. The zero-order chi connectivity index (χ0) is 15.8. The van der Waals surface area contributed by atoms with E-state index in [-0.39, 0.29) is 16.4 Å². The van der Waals surface area contributed by atoms with Crippen LogP contribution in [0.5, 0.6) is 0 Å². The van der Waals surface area contributed by atoms with Crippen molar-refractivity contribution in [1.29, 1.82) is 0 Å². The quantitative estimate of drug-likeness (QED) is 0.833. The average Bonchev–Trinajstić information content (AvgIpc) is 2.37. The molecule has 0 heterocycles. The standard InChI is InChI=1S/C15H23ClN2O2S/c1-10-12(16)8-11(9-13(10)17)21(19,20)18-14-6-4-5-7-15(14,2)3/h8-9,14,18H,4-7,17H2,1-3H3. The maximum absolute atomic E-state index is 12.6. The van der Waals surface area contributed by atoms with Crippen molar-refractivity contribution in [3.63, 3.8) is 0 Å². The van der Waals surface area contributed by atoms with Crippen LogP contribution in [0.3, 0.4) is 0 Å². The van der Waals surface area contributed by atoms with Crippen molar-refractivity contribution in [3.05, 3.63) is 22.7 Å². The van der Waals surface area contributed by atoms with E-state index in [2.05, 4.69) is 18.6 Å². The largest absolute Gasteiger partial charge is 0.398 e. The Morgan fingerprint density at radius 1 is 1.33 bits per heavy atom. The lowest BCUT2D eigenvalue weighted by Gasteiger charge is -2.38. The summed E-state index contributed by atoms with van der Waals surface area (Å²) in [7, 11) is -3.61. The minimum atomic E-state index is -3.61. The summed E-state index contributed by atoms with van der Waals surface area (Å²) >= 11 is 6.05. The van der Waals surface area contributed by atoms with Crippen LogP contribution in [-0.4, -0.2) is 14.5 Å². The molecule has 4 nitrogen and oxygen atoms in total. The van der Waals surface area contributed by atoms with Gasteiger partial charge in [-0.05, 0) is 42.9 Å². The number of anilines is 1. The average molecular weight is 331 g/mol. The molecule has 0 aromatic heterocycles. The van der Waals surface area contributed by atoms with Crippen LogP contribution in [0, 0.1) is 12.3 Å². The molecular weight excluding hydrogens is 308 g/mol. The van der Waals surface area contributed by atoms with Gasteiger partial charge in [0.2, 0.25) is 10.0 Å². The molecule has 1 unspecified atom stereocenters. The molecule has 1 aromatic carbocycles. The molecule has 1 atom stereocenters. The first kappa shape index (κ1) is 16.6. The fourth-order valence-electron chi connectivity index (χ4n) is 2.80. The number of hydrogen-bond donors (Lipinski definition) is 2. The summed E-state index contributed by atoms with van der Waals surface area (Å²) in [6.07, 6.45) is 4.08. The lowest BCUT2D eigenvalue weighted by molar-refractivity contribution is 0.188. The topological polar surface area (TPSA) is 72.2 Å². The van der Waals surface area contributed by atoms with Crippen LogP contribution >= 0.6 is 11.6 Å². The van der Waals surface area contributed by atoms with Crippen molar-refractivity contribution in [1.82, 2.24) is 4.72 Å². The number of rotatable bonds is 3. The number of benzene rings is 1. The Kier molecular flexibility index (Phi) is 4.57. The first-order valence-electron chi connectivity index (χ1n) is 7.21. The van der Waals surface area contributed by atoms with E-state index in [0.717, 1.165) is 25.7 Å². The third kappa shape index (κ3) is 3.52. The van der Waals surface area contributed by atoms with Crippen LogP contribution in [0.15, 0.2) is 17.0 Å². The SMILES string of the molecule is Cc1c(N)cc(S(=O)(=O)NC2CCCCC2(C)C)cc1Cl. The van der Waals surface area contributed by atoms with E-state index in [9.17, 15) is 8.42 Å². The molecular formula is C15H23ClN2O2S. The van der Waals surface area contributed by atoms with Crippen molar-refractivity contribution < 1.29 is 8.42 Å². The molecule has 1 saturated carbocycles. The summed E-state index contributed by atoms with van der Waals surface area (Å²) in [6.45, 7) is 5.98. The van der Waals surface area contributed by atoms with E-state index in [1.807, 2.05) is 0 Å². The minimum absolute atomic E-state index is 0.0364. The Morgan fingerprint density at radius 3 is 2.57 bits per heavy atom. The Hall–Kier alpha value is -0.780. The van der Waals surface area contributed by atoms with Gasteiger partial charge in [-0.1, -0.05) is 38.3 Å². The Bertz CT molecular complexity index is 618. The van der Waals surface area contributed by atoms with Gasteiger partial charge in [0.05, 0.1) is 4.90 Å². The first-order valence-corrected chi connectivity index (χ1v) is 9.07. The predicted octanol–water partition coefficient (Wildman–Crippen LogP) is 3.48. The number of sulfonamides is 1. The molecule has 1 aliphatic carbocycles. The zero-order valence-corrected chi connectivity index (χ0v) is 14.3. The summed E-state index contributed by atoms with van der Waals surface area (Å²) in [4.78, 5) is 0.136. The smallest absolute Gasteiger partial charge is 0.240 e. The fraction of sp³-hybridized carbons (Fsp3) is 0.600. The number of nitrogen functional groups attached to an aromatic ring is 1. The van der Waals surface area contributed by atoms with E-state index in [1.165, 1.54) is 12.1 Å². The molecule has 0 spiro atoms. The molecule has 1 fully saturated rings. The van der Waals surface area contributed by atoms with Crippen molar-refractivity contribution in [3.8, 4) is 0 Å². The molecule has 0 saturated heterocycles. The minimum Gasteiger partial charge on any atom is -0.398 e. The monoisotopic (exact) mass is 330 g/mol. The number of nitrogens with one attached hydrogen (secondary N) is 1. The van der Waals surface area contributed by atoms with E-state index in [1.54, 1.807) is 6.92 Å². The van der Waals surface area contributed by atoms with E-state index in [4.69, 9.17) is 17.3 Å². The van der Waals surface area contributed by atoms with Crippen molar-refractivity contribution in [2.24, 2.45) is 5.41 Å². The highest BCUT2D eigenvalue weighted by Crippen LogP contribution is 2.36. The van der Waals surface area contributed by atoms with Crippen molar-refractivity contribution in [2.45, 2.75) is 57.4 Å². The normalized spacial score (nSPS) is 22.2. The van der Waals surface area contributed by atoms with Crippen molar-refractivity contribution in [2.75, 3.05) is 5.73 Å². The van der Waals surface area contributed by atoms with Crippen LogP contribution in [0.2, 0.25) is 5.02 Å². The Morgan fingerprint density at radius 2 is 2.00 bits per heavy atom. The molecule has 21 heavy (non-hydrogen) atoms. The molecule has 0 amide bonds. The van der Waals surface area contributed by atoms with Crippen LogP contribution in [0.25, 0.3) is 0 Å². The van der Waals surface area contributed by atoms with Crippen LogP contribution in [0.4, 0.5) is 5.69 Å². The molecule has 2 rings (SSSR count). The van der Waals surface area contributed by atoms with Gasteiger partial charge in [-0.25, -0.2) is 13.1 Å². The number of hydrogen-bond acceptors (Lipinski definition) is 3. The summed E-state index contributed by atoms with van der Waals surface area (Å²) in [5.74, 6) is 0. The van der Waals surface area contributed by atoms with E-state index >= 15 is 0 Å². The Labute approximate surface area is 132 Å². The van der Waals surface area contributed by atoms with E-state index < -0.39 is 10.0 Å². The molecule has 118 valence electrons. The van der Waals surface area contributed by atoms with Crippen LogP contribution in [0.1, 0.15) is 45.1 Å². The lowest BCUT2D eigenvalue weighted by Crippen LogP contribution is -2.46. The summed E-state index contributed by atoms with van der Waals surface area (Å²) in [5, 5.41) is 0.373. The third-order valence-corrected chi connectivity index (χ3v) is 6.32. The third-order valence-electron chi connectivity index (χ3n) is 4.47.